The Balaban J connectivity index is 1.26. The zero-order chi connectivity index (χ0) is 27.6. The van der Waals surface area contributed by atoms with Crippen molar-refractivity contribution in [3.8, 4) is 5.69 Å². The van der Waals surface area contributed by atoms with Crippen molar-refractivity contribution < 1.29 is 18.1 Å². The fraction of sp³-hybridized carbons (Fsp3) is 0.259. The summed E-state index contributed by atoms with van der Waals surface area (Å²) >= 11 is 1.47. The van der Waals surface area contributed by atoms with Crippen LogP contribution < -0.4 is 10.5 Å². The van der Waals surface area contributed by atoms with Crippen LogP contribution >= 0.6 is 11.8 Å². The topological polar surface area (TPSA) is 84.5 Å². The maximum Gasteiger partial charge on any atom is 0.416 e. The van der Waals surface area contributed by atoms with Crippen LogP contribution in [0.3, 0.4) is 0 Å². The van der Waals surface area contributed by atoms with Crippen LogP contribution in [0.4, 0.5) is 24.5 Å². The van der Waals surface area contributed by atoms with Crippen molar-refractivity contribution in [2.45, 2.75) is 11.3 Å². The van der Waals surface area contributed by atoms with Gasteiger partial charge in [-0.3, -0.25) is 24.4 Å². The molecule has 0 amide bonds. The van der Waals surface area contributed by atoms with Gasteiger partial charge in [0.2, 0.25) is 0 Å². The summed E-state index contributed by atoms with van der Waals surface area (Å²) < 4.78 is 40.8. The van der Waals surface area contributed by atoms with Gasteiger partial charge in [0.25, 0.3) is 11.2 Å². The number of anilines is 1. The molecular weight excluding hydrogens is 531 g/mol. The SMILES string of the molecule is O=c1c2ccccc2nc(SCCN2CCN(c3ccc(C(F)(F)F)cc3[N+](=O)[O-])CC2)n1-c1ccccc1. The zero-order valence-corrected chi connectivity index (χ0v) is 21.5. The van der Waals surface area contributed by atoms with Gasteiger partial charge in [0.1, 0.15) is 5.69 Å². The van der Waals surface area contributed by atoms with Crippen LogP contribution in [0.2, 0.25) is 0 Å². The van der Waals surface area contributed by atoms with Gasteiger partial charge in [0.15, 0.2) is 5.16 Å². The van der Waals surface area contributed by atoms with Crippen molar-refractivity contribution in [1.29, 1.82) is 0 Å². The van der Waals surface area contributed by atoms with E-state index in [1.807, 2.05) is 48.5 Å². The molecular formula is C27H24F3N5O3S. The second kappa shape index (κ2) is 11.1. The molecule has 0 saturated carbocycles. The number of para-hydroxylation sites is 2. The predicted molar refractivity (Wildman–Crippen MR) is 145 cm³/mol. The van der Waals surface area contributed by atoms with E-state index in [9.17, 15) is 28.1 Å². The van der Waals surface area contributed by atoms with Gasteiger partial charge in [-0.2, -0.15) is 13.2 Å². The number of thioether (sulfide) groups is 1. The highest BCUT2D eigenvalue weighted by molar-refractivity contribution is 7.99. The smallest absolute Gasteiger partial charge is 0.363 e. The molecule has 2 heterocycles. The van der Waals surface area contributed by atoms with Crippen molar-refractivity contribution in [2.24, 2.45) is 0 Å². The Morgan fingerprint density at radius 3 is 2.33 bits per heavy atom. The first-order valence-corrected chi connectivity index (χ1v) is 13.2. The van der Waals surface area contributed by atoms with E-state index in [1.165, 1.54) is 17.8 Å². The molecule has 0 spiro atoms. The minimum absolute atomic E-state index is 0.138. The van der Waals surface area contributed by atoms with Crippen molar-refractivity contribution in [1.82, 2.24) is 14.5 Å². The maximum atomic E-state index is 13.3. The monoisotopic (exact) mass is 555 g/mol. The summed E-state index contributed by atoms with van der Waals surface area (Å²) in [5.74, 6) is 0.651. The highest BCUT2D eigenvalue weighted by atomic mass is 32.2. The lowest BCUT2D eigenvalue weighted by Gasteiger charge is -2.35. The highest BCUT2D eigenvalue weighted by Crippen LogP contribution is 2.36. The summed E-state index contributed by atoms with van der Waals surface area (Å²) in [4.78, 5) is 32.7. The van der Waals surface area contributed by atoms with E-state index >= 15 is 0 Å². The summed E-state index contributed by atoms with van der Waals surface area (Å²) in [5, 5.41) is 12.6. The lowest BCUT2D eigenvalue weighted by atomic mass is 10.1. The van der Waals surface area contributed by atoms with E-state index in [1.54, 1.807) is 15.5 Å². The number of nitrogens with zero attached hydrogens (tertiary/aromatic N) is 5. The predicted octanol–water partition coefficient (Wildman–Crippen LogP) is 5.23. The largest absolute Gasteiger partial charge is 0.416 e. The number of fused-ring (bicyclic) bond motifs is 1. The van der Waals surface area contributed by atoms with Crippen LogP contribution in [0.15, 0.2) is 82.7 Å². The first-order chi connectivity index (χ1) is 18.7. The third kappa shape index (κ3) is 5.76. The van der Waals surface area contributed by atoms with E-state index in [4.69, 9.17) is 4.98 Å². The van der Waals surface area contributed by atoms with Gasteiger partial charge in [-0.05, 0) is 36.4 Å². The molecule has 8 nitrogen and oxygen atoms in total. The second-order valence-corrected chi connectivity index (χ2v) is 10.1. The molecule has 0 aliphatic carbocycles. The average molecular weight is 556 g/mol. The first-order valence-electron chi connectivity index (χ1n) is 12.3. The molecule has 4 aromatic rings. The van der Waals surface area contributed by atoms with Crippen LogP contribution in [0.25, 0.3) is 16.6 Å². The molecule has 202 valence electrons. The number of alkyl halides is 3. The summed E-state index contributed by atoms with van der Waals surface area (Å²) in [7, 11) is 0. The number of halogens is 3. The van der Waals surface area contributed by atoms with E-state index in [0.717, 1.165) is 11.8 Å². The summed E-state index contributed by atoms with van der Waals surface area (Å²) in [5.41, 5.74) is -0.172. The number of aromatic nitrogens is 2. The lowest BCUT2D eigenvalue weighted by Crippen LogP contribution is -2.47. The molecule has 1 aromatic heterocycles. The fourth-order valence-electron chi connectivity index (χ4n) is 4.61. The minimum Gasteiger partial charge on any atom is -0.363 e. The Morgan fingerprint density at radius 1 is 0.949 bits per heavy atom. The number of rotatable bonds is 7. The van der Waals surface area contributed by atoms with Gasteiger partial charge < -0.3 is 4.90 Å². The number of benzene rings is 3. The molecule has 1 aliphatic heterocycles. The van der Waals surface area contributed by atoms with E-state index in [2.05, 4.69) is 4.90 Å². The van der Waals surface area contributed by atoms with Crippen LogP contribution in [-0.4, -0.2) is 57.9 Å². The van der Waals surface area contributed by atoms with Crippen LogP contribution in [0.5, 0.6) is 0 Å². The third-order valence-electron chi connectivity index (χ3n) is 6.61. The number of piperazine rings is 1. The van der Waals surface area contributed by atoms with Gasteiger partial charge in [0, 0.05) is 44.5 Å². The molecule has 1 aliphatic rings. The van der Waals surface area contributed by atoms with Crippen molar-refractivity contribution in [3.63, 3.8) is 0 Å². The Labute approximate surface area is 225 Å². The normalized spacial score (nSPS) is 14.6. The Bertz CT molecular complexity index is 1550. The molecule has 0 radical (unpaired) electrons. The van der Waals surface area contributed by atoms with E-state index in [0.29, 0.717) is 60.6 Å². The lowest BCUT2D eigenvalue weighted by molar-refractivity contribution is -0.384. The minimum atomic E-state index is -4.65. The van der Waals surface area contributed by atoms with Crippen LogP contribution in [0, 0.1) is 10.1 Å². The Hall–Kier alpha value is -3.90. The number of nitro groups is 1. The molecule has 1 fully saturated rings. The third-order valence-corrected chi connectivity index (χ3v) is 7.53. The Kier molecular flexibility index (Phi) is 7.58. The van der Waals surface area contributed by atoms with E-state index in [-0.39, 0.29) is 11.2 Å². The fourth-order valence-corrected chi connectivity index (χ4v) is 5.62. The van der Waals surface area contributed by atoms with Crippen molar-refractivity contribution in [2.75, 3.05) is 43.4 Å². The highest BCUT2D eigenvalue weighted by Gasteiger charge is 2.34. The summed E-state index contributed by atoms with van der Waals surface area (Å²) in [6.07, 6.45) is -4.65. The van der Waals surface area contributed by atoms with Gasteiger partial charge in [-0.15, -0.1) is 0 Å². The molecule has 0 unspecified atom stereocenters. The quantitative estimate of drug-likeness (QED) is 0.134. The summed E-state index contributed by atoms with van der Waals surface area (Å²) in [6, 6.07) is 19.2. The van der Waals surface area contributed by atoms with E-state index < -0.39 is 22.4 Å². The van der Waals surface area contributed by atoms with Gasteiger partial charge in [0.05, 0.1) is 27.1 Å². The van der Waals surface area contributed by atoms with Crippen molar-refractivity contribution >= 4 is 34.0 Å². The molecule has 5 rings (SSSR count). The zero-order valence-electron chi connectivity index (χ0n) is 20.7. The molecule has 39 heavy (non-hydrogen) atoms. The first kappa shape index (κ1) is 26.7. The van der Waals surface area contributed by atoms with Crippen LogP contribution in [-0.2, 0) is 6.18 Å². The van der Waals surface area contributed by atoms with Crippen LogP contribution in [0.1, 0.15) is 5.56 Å². The van der Waals surface area contributed by atoms with Gasteiger partial charge in [-0.1, -0.05) is 42.1 Å². The average Bonchev–Trinajstić information content (AvgIpc) is 2.93. The Morgan fingerprint density at radius 2 is 1.64 bits per heavy atom. The molecule has 0 atom stereocenters. The molecule has 0 bridgehead atoms. The van der Waals surface area contributed by atoms with Crippen molar-refractivity contribution in [3.05, 3.63) is 98.8 Å². The number of hydrogen-bond donors (Lipinski definition) is 0. The molecule has 0 N–H and O–H groups in total. The molecule has 3 aromatic carbocycles. The maximum absolute atomic E-state index is 13.3. The molecule has 1 saturated heterocycles. The number of hydrogen-bond acceptors (Lipinski definition) is 7. The summed E-state index contributed by atoms with van der Waals surface area (Å²) in [6.45, 7) is 2.76. The second-order valence-electron chi connectivity index (χ2n) is 9.02. The van der Waals surface area contributed by atoms with Gasteiger partial charge >= 0.3 is 6.18 Å². The number of nitro benzene ring substituents is 1. The van der Waals surface area contributed by atoms with Gasteiger partial charge in [-0.25, -0.2) is 4.98 Å². The standard InChI is InChI=1S/C27H24F3N5O3S/c28-27(29,30)19-10-11-23(24(18-19)35(37)38)33-14-12-32(13-15-33)16-17-39-26-31-22-9-5-4-8-21(22)25(36)34(26)20-6-2-1-3-7-20/h1-11,18H,12-17H2. The molecule has 12 heteroatoms.